The third-order valence-corrected chi connectivity index (χ3v) is 19.0. The summed E-state index contributed by atoms with van der Waals surface area (Å²) in [7, 11) is 0. The van der Waals surface area contributed by atoms with Gasteiger partial charge < -0.3 is 69.0 Å². The van der Waals surface area contributed by atoms with Crippen molar-refractivity contribution >= 4 is 53.3 Å². The molecule has 5 N–H and O–H groups in total. The number of Topliss-reactive ketones (excluding diaryl/α,β-unsaturated/α-hetero) is 1. The Labute approximate surface area is 536 Å². The second kappa shape index (κ2) is 43.9. The van der Waals surface area contributed by atoms with Crippen LogP contribution in [0.4, 0.5) is 0 Å². The number of carbonyl (C=O) groups is 9. The predicted octanol–water partition coefficient (Wildman–Crippen LogP) is 8.53. The van der Waals surface area contributed by atoms with Crippen LogP contribution in [0.3, 0.4) is 0 Å². The molecule has 0 saturated carbocycles. The van der Waals surface area contributed by atoms with Crippen LogP contribution in [0.15, 0.2) is 0 Å². The minimum absolute atomic E-state index is 0.114. The van der Waals surface area contributed by atoms with Gasteiger partial charge in [-0.15, -0.1) is 0 Å². The Bertz CT molecular complexity index is 2170. The summed E-state index contributed by atoms with van der Waals surface area (Å²) in [5.74, 6) is -2.21. The van der Waals surface area contributed by atoms with Gasteiger partial charge in [0.15, 0.2) is 24.7 Å². The first-order valence-corrected chi connectivity index (χ1v) is 33.9. The topological polar surface area (TPSA) is 305 Å². The van der Waals surface area contributed by atoms with Crippen molar-refractivity contribution < 1.29 is 90.9 Å². The number of rotatable bonds is 45. The van der Waals surface area contributed by atoms with E-state index < -0.39 is 36.8 Å². The van der Waals surface area contributed by atoms with E-state index in [4.69, 9.17) is 42.6 Å². The van der Waals surface area contributed by atoms with Gasteiger partial charge in [0.25, 0.3) is 0 Å². The maximum absolute atomic E-state index is 14.3. The molecule has 4 amide bonds. The van der Waals surface area contributed by atoms with E-state index in [0.717, 1.165) is 19.3 Å². The number of carboxylic acids is 1. The second-order valence-electron chi connectivity index (χ2n) is 25.9. The molecule has 90 heavy (non-hydrogen) atoms. The molecule has 0 aromatic heterocycles. The molecule has 0 spiro atoms. The fourth-order valence-corrected chi connectivity index (χ4v) is 11.8. The van der Waals surface area contributed by atoms with Gasteiger partial charge in [0, 0.05) is 116 Å². The molecule has 3 aliphatic rings. The Morgan fingerprint density at radius 2 is 0.767 bits per heavy atom. The van der Waals surface area contributed by atoms with Crippen LogP contribution in [-0.2, 0) is 85.8 Å². The molecular formula is C67H116N4O19. The van der Waals surface area contributed by atoms with E-state index in [2.05, 4.69) is 83.6 Å². The molecule has 3 rings (SSSR count). The number of ether oxygens (including phenoxy) is 9. The van der Waals surface area contributed by atoms with Crippen LogP contribution in [0.25, 0.3) is 0 Å². The molecule has 0 bridgehead atoms. The predicted molar refractivity (Wildman–Crippen MR) is 336 cm³/mol. The monoisotopic (exact) mass is 1280 g/mol. The number of carboxylic acid groups (broad SMARTS) is 1. The fourth-order valence-electron chi connectivity index (χ4n) is 11.8. The molecule has 23 nitrogen and oxygen atoms in total. The lowest BCUT2D eigenvalue weighted by molar-refractivity contribution is -0.255. The zero-order valence-electron chi connectivity index (χ0n) is 56.6. The molecular weight excluding hydrogens is 1160 g/mol. The average molecular weight is 1280 g/mol. The van der Waals surface area contributed by atoms with Crippen LogP contribution in [0.1, 0.15) is 212 Å². The van der Waals surface area contributed by atoms with Gasteiger partial charge in [-0.2, -0.15) is 0 Å². The third kappa shape index (κ3) is 30.7. The number of ketones is 1. The Balaban J connectivity index is 1.53. The zero-order valence-corrected chi connectivity index (χ0v) is 56.6. The maximum Gasteiger partial charge on any atom is 0.303 e. The van der Waals surface area contributed by atoms with E-state index in [1.165, 1.54) is 20.8 Å². The van der Waals surface area contributed by atoms with Crippen LogP contribution >= 0.6 is 0 Å². The number of hydrogen-bond donors (Lipinski definition) is 5. The highest BCUT2D eigenvalue weighted by molar-refractivity contribution is 5.92. The normalized spacial score (nSPS) is 27.3. The van der Waals surface area contributed by atoms with Crippen LogP contribution < -0.4 is 21.3 Å². The van der Waals surface area contributed by atoms with Crippen molar-refractivity contribution in [1.82, 2.24) is 21.3 Å². The number of esters is 3. The second-order valence-corrected chi connectivity index (χ2v) is 25.9. The Kier molecular flexibility index (Phi) is 38.8. The SMILES string of the molecule is CC(=O)OCC1O[C@@H](OCCCCCCC(=O)NC(CCCCNC(=O)CCCCO[C@@H]2OC(COC(C)=O)[C@H](C)[C@H](C)C2C)C(=O)CC(CCCCNC(=O)CCCCO[C@@H]2OC(COC(C)=O)[C@H](C)[C@H](C)C2C)C(=O)NCCCC(=O)O)C(C)[C@@H](C)[C@H]1C. The van der Waals surface area contributed by atoms with Crippen molar-refractivity contribution in [2.24, 2.45) is 59.2 Å². The molecule has 3 aliphatic heterocycles. The van der Waals surface area contributed by atoms with Crippen LogP contribution in [0.2, 0.25) is 0 Å². The van der Waals surface area contributed by atoms with Crippen molar-refractivity contribution in [1.29, 1.82) is 0 Å². The average Bonchev–Trinajstić information content (AvgIpc) is 1.52. The molecule has 8 unspecified atom stereocenters. The summed E-state index contributed by atoms with van der Waals surface area (Å²) in [5.41, 5.74) is 0. The molecule has 23 heteroatoms. The number of aliphatic carboxylic acids is 1. The van der Waals surface area contributed by atoms with Crippen molar-refractivity contribution in [3.05, 3.63) is 0 Å². The standard InChI is InChI=1S/C67H116N4O19/c1-42-45(4)57(39-85-51(10)72)88-65(48(42)7)82-35-22-14-13-15-30-62(78)71-55(27-17-21-33-69-61(77)29-19-24-37-84-67-50(9)44(3)47(6)59(90-67)41-87-53(12)74)56(75)38-54(64(81)70-34-25-31-63(79)80)26-16-20-32-68-60(76)28-18-23-36-83-66-49(8)43(2)46(5)58(89-66)40-86-52(11)73/h42-50,54-55,57-59,65-67H,13-41H2,1-12H3,(H,68,76)(H,69,77)(H,70,81)(H,71,78)(H,79,80)/t42-,43-,44-,45+,46+,47+,48?,49?,50?,54?,55?,57?,58?,59?,65+,66+,67+/m0/s1. The van der Waals surface area contributed by atoms with E-state index in [0.29, 0.717) is 116 Å². The van der Waals surface area contributed by atoms with Gasteiger partial charge in [0.05, 0.1) is 24.4 Å². The minimum Gasteiger partial charge on any atom is -0.481 e. The zero-order chi connectivity index (χ0) is 66.7. The lowest BCUT2D eigenvalue weighted by Gasteiger charge is -2.43. The summed E-state index contributed by atoms with van der Waals surface area (Å²) in [6.07, 6.45) is 6.59. The number of amides is 4. The summed E-state index contributed by atoms with van der Waals surface area (Å²) in [4.78, 5) is 113. The smallest absolute Gasteiger partial charge is 0.303 e. The van der Waals surface area contributed by atoms with Crippen LogP contribution in [-0.4, -0.2) is 161 Å². The molecule has 518 valence electrons. The van der Waals surface area contributed by atoms with Crippen molar-refractivity contribution in [3.63, 3.8) is 0 Å². The highest BCUT2D eigenvalue weighted by Crippen LogP contribution is 2.38. The van der Waals surface area contributed by atoms with Crippen molar-refractivity contribution in [2.75, 3.05) is 59.3 Å². The van der Waals surface area contributed by atoms with Crippen molar-refractivity contribution in [3.8, 4) is 0 Å². The van der Waals surface area contributed by atoms with Gasteiger partial charge in [0.2, 0.25) is 23.6 Å². The first-order chi connectivity index (χ1) is 42.8. The number of nitrogens with one attached hydrogen (secondary N) is 4. The summed E-state index contributed by atoms with van der Waals surface area (Å²) in [6.45, 7) is 25.7. The largest absolute Gasteiger partial charge is 0.481 e. The number of carbonyl (C=O) groups excluding carboxylic acids is 8. The first-order valence-electron chi connectivity index (χ1n) is 33.9. The van der Waals surface area contributed by atoms with Gasteiger partial charge in [-0.3, -0.25) is 43.2 Å². The van der Waals surface area contributed by atoms with Crippen LogP contribution in [0, 0.1) is 59.2 Å². The van der Waals surface area contributed by atoms with Crippen molar-refractivity contribution in [2.45, 2.75) is 255 Å². The van der Waals surface area contributed by atoms with Gasteiger partial charge in [-0.1, -0.05) is 81.6 Å². The molecule has 0 aliphatic carbocycles. The summed E-state index contributed by atoms with van der Waals surface area (Å²) < 4.78 is 52.7. The van der Waals surface area contributed by atoms with E-state index in [9.17, 15) is 48.3 Å². The molecule has 3 saturated heterocycles. The van der Waals surface area contributed by atoms with Gasteiger partial charge in [-0.05, 0) is 113 Å². The number of hydrogen-bond acceptors (Lipinski definition) is 18. The van der Waals surface area contributed by atoms with E-state index in [-0.39, 0.29) is 171 Å². The van der Waals surface area contributed by atoms with Gasteiger partial charge in [-0.25, -0.2) is 0 Å². The molecule has 3 heterocycles. The molecule has 3 fully saturated rings. The molecule has 0 aromatic rings. The summed E-state index contributed by atoms with van der Waals surface area (Å²) in [5, 5.41) is 20.9. The lowest BCUT2D eigenvalue weighted by Crippen LogP contribution is -2.47. The van der Waals surface area contributed by atoms with E-state index >= 15 is 0 Å². The molecule has 0 aromatic carbocycles. The Morgan fingerprint density at radius 1 is 0.400 bits per heavy atom. The number of unbranched alkanes of at least 4 members (excludes halogenated alkanes) is 7. The van der Waals surface area contributed by atoms with E-state index in [1.54, 1.807) is 0 Å². The maximum atomic E-state index is 14.3. The summed E-state index contributed by atoms with van der Waals surface area (Å²) >= 11 is 0. The first kappa shape index (κ1) is 79.4. The highest BCUT2D eigenvalue weighted by atomic mass is 16.7. The van der Waals surface area contributed by atoms with Gasteiger partial charge in [0.1, 0.15) is 19.8 Å². The van der Waals surface area contributed by atoms with E-state index in [1.807, 2.05) is 0 Å². The highest BCUT2D eigenvalue weighted by Gasteiger charge is 2.43. The minimum atomic E-state index is -0.990. The van der Waals surface area contributed by atoms with Gasteiger partial charge >= 0.3 is 23.9 Å². The fraction of sp³-hybridized carbons (Fsp3) is 0.866. The summed E-state index contributed by atoms with van der Waals surface area (Å²) in [6, 6.07) is -0.894. The Hall–Kier alpha value is -4.81. The Morgan fingerprint density at radius 3 is 1.18 bits per heavy atom. The lowest BCUT2D eigenvalue weighted by atomic mass is 9.79. The molecule has 17 atom stereocenters. The van der Waals surface area contributed by atoms with Crippen LogP contribution in [0.5, 0.6) is 0 Å². The molecule has 0 radical (unpaired) electrons. The third-order valence-electron chi connectivity index (χ3n) is 19.0. The quantitative estimate of drug-likeness (QED) is 0.0217.